The summed E-state index contributed by atoms with van der Waals surface area (Å²) in [7, 11) is 1.81. The molecule has 0 bridgehead atoms. The van der Waals surface area contributed by atoms with Gasteiger partial charge in [0.1, 0.15) is 11.4 Å². The van der Waals surface area contributed by atoms with Crippen molar-refractivity contribution in [3.8, 4) is 17.1 Å². The van der Waals surface area contributed by atoms with Crippen molar-refractivity contribution in [1.29, 1.82) is 0 Å². The first-order valence-corrected chi connectivity index (χ1v) is 12.4. The van der Waals surface area contributed by atoms with Crippen LogP contribution in [-0.4, -0.2) is 59.0 Å². The van der Waals surface area contributed by atoms with Crippen molar-refractivity contribution in [1.82, 2.24) is 30.1 Å². The minimum atomic E-state index is -0.757. The lowest BCUT2D eigenvalue weighted by Crippen LogP contribution is -2.29. The number of aryl methyl sites for hydroxylation is 2. The van der Waals surface area contributed by atoms with Gasteiger partial charge in [0.05, 0.1) is 35.6 Å². The standard InChI is InChI=1S/C24H31N7O5/c1-13-20(35-17-5-3-4-15(10-17)23(33)34)7-6-18(26-13)21-19(31(2)30-28-21)11-25-24-27-22(36-29-24)16-8-14(9-16)12-32/h6-7,14-17,32H,3-5,8-12H2,1-2H3,(H,25,29)(H,33,34)/t14?,15-,16?,17-/m0/s1. The number of aliphatic hydroxyl groups excluding tert-OH is 1. The molecule has 2 fully saturated rings. The first-order valence-electron chi connectivity index (χ1n) is 12.4. The number of hydrogen-bond acceptors (Lipinski definition) is 10. The maximum atomic E-state index is 11.4. The quantitative estimate of drug-likeness (QED) is 0.398. The maximum absolute atomic E-state index is 11.4. The van der Waals surface area contributed by atoms with Gasteiger partial charge in [-0.05, 0) is 68.7 Å². The van der Waals surface area contributed by atoms with Crippen LogP contribution < -0.4 is 10.1 Å². The van der Waals surface area contributed by atoms with Crippen molar-refractivity contribution in [2.75, 3.05) is 11.9 Å². The van der Waals surface area contributed by atoms with Crippen LogP contribution in [0.15, 0.2) is 16.7 Å². The van der Waals surface area contributed by atoms with Crippen LogP contribution in [0.2, 0.25) is 0 Å². The summed E-state index contributed by atoms with van der Waals surface area (Å²) in [4.78, 5) is 20.5. The third kappa shape index (κ3) is 5.03. The predicted molar refractivity (Wildman–Crippen MR) is 127 cm³/mol. The highest BCUT2D eigenvalue weighted by Crippen LogP contribution is 2.40. The molecule has 12 nitrogen and oxygen atoms in total. The number of carboxylic acid groups (broad SMARTS) is 1. The molecule has 0 saturated heterocycles. The third-order valence-corrected chi connectivity index (χ3v) is 7.19. The molecule has 5 rings (SSSR count). The first kappa shape index (κ1) is 24.2. The maximum Gasteiger partial charge on any atom is 0.306 e. The number of rotatable bonds is 9. The van der Waals surface area contributed by atoms with Gasteiger partial charge < -0.3 is 24.8 Å². The molecule has 0 unspecified atom stereocenters. The number of hydrogen-bond donors (Lipinski definition) is 3. The van der Waals surface area contributed by atoms with Gasteiger partial charge >= 0.3 is 5.97 Å². The topological polar surface area (TPSA) is 161 Å². The molecular weight excluding hydrogens is 466 g/mol. The van der Waals surface area contributed by atoms with E-state index in [0.29, 0.717) is 60.0 Å². The predicted octanol–water partition coefficient (Wildman–Crippen LogP) is 2.69. The minimum absolute atomic E-state index is 0.128. The molecule has 2 aliphatic rings. The lowest BCUT2D eigenvalue weighted by molar-refractivity contribution is -0.143. The molecule has 0 radical (unpaired) electrons. The lowest BCUT2D eigenvalue weighted by atomic mass is 9.75. The van der Waals surface area contributed by atoms with E-state index < -0.39 is 5.97 Å². The third-order valence-electron chi connectivity index (χ3n) is 7.19. The normalized spacial score (nSPS) is 23.8. The van der Waals surface area contributed by atoms with E-state index in [4.69, 9.17) is 14.2 Å². The fourth-order valence-corrected chi connectivity index (χ4v) is 4.96. The van der Waals surface area contributed by atoms with Crippen molar-refractivity contribution < 1.29 is 24.3 Å². The van der Waals surface area contributed by atoms with Gasteiger partial charge in [-0.25, -0.2) is 9.67 Å². The second-order valence-corrected chi connectivity index (χ2v) is 9.76. The summed E-state index contributed by atoms with van der Waals surface area (Å²) in [6, 6.07) is 3.70. The largest absolute Gasteiger partial charge is 0.489 e. The first-order chi connectivity index (χ1) is 17.4. The van der Waals surface area contributed by atoms with Crippen LogP contribution in [-0.2, 0) is 18.4 Å². The molecule has 0 spiro atoms. The van der Waals surface area contributed by atoms with Gasteiger partial charge in [0.15, 0.2) is 0 Å². The number of aliphatic carboxylic acids is 1. The average molecular weight is 498 g/mol. The van der Waals surface area contributed by atoms with Crippen LogP contribution in [0.1, 0.15) is 61.7 Å². The fourth-order valence-electron chi connectivity index (χ4n) is 4.96. The molecule has 3 N–H and O–H groups in total. The van der Waals surface area contributed by atoms with Gasteiger partial charge in [-0.1, -0.05) is 5.21 Å². The zero-order chi connectivity index (χ0) is 25.2. The highest BCUT2D eigenvalue weighted by Gasteiger charge is 2.34. The number of ether oxygens (including phenoxy) is 1. The fraction of sp³-hybridized carbons (Fsp3) is 0.583. The zero-order valence-electron chi connectivity index (χ0n) is 20.4. The molecule has 3 aromatic heterocycles. The van der Waals surface area contributed by atoms with Crippen molar-refractivity contribution in [2.24, 2.45) is 18.9 Å². The van der Waals surface area contributed by atoms with Crippen LogP contribution in [0, 0.1) is 18.8 Å². The van der Waals surface area contributed by atoms with E-state index in [0.717, 1.165) is 31.4 Å². The number of nitrogens with one attached hydrogen (secondary N) is 1. The van der Waals surface area contributed by atoms with Crippen LogP contribution in [0.5, 0.6) is 5.75 Å². The number of nitrogens with zero attached hydrogens (tertiary/aromatic N) is 6. The number of pyridine rings is 1. The number of carboxylic acids is 1. The van der Waals surface area contributed by atoms with Crippen molar-refractivity contribution >= 4 is 11.9 Å². The van der Waals surface area contributed by atoms with Gasteiger partial charge in [-0.3, -0.25) is 4.79 Å². The SMILES string of the molecule is Cc1nc(-c2nnn(C)c2CNc2noc(C3CC(CO)C3)n2)ccc1O[C@H]1CCC[C@H](C(=O)O)C1. The summed E-state index contributed by atoms with van der Waals surface area (Å²) in [6.07, 6.45) is 4.48. The zero-order valence-corrected chi connectivity index (χ0v) is 20.4. The molecule has 0 aromatic carbocycles. The number of carbonyl (C=O) groups is 1. The van der Waals surface area contributed by atoms with Crippen LogP contribution >= 0.6 is 0 Å². The van der Waals surface area contributed by atoms with E-state index in [1.54, 1.807) is 4.68 Å². The summed E-state index contributed by atoms with van der Waals surface area (Å²) >= 11 is 0. The van der Waals surface area contributed by atoms with Gasteiger partial charge in [0.2, 0.25) is 5.89 Å². The molecule has 0 amide bonds. The van der Waals surface area contributed by atoms with Crippen LogP contribution in [0.3, 0.4) is 0 Å². The van der Waals surface area contributed by atoms with E-state index in [2.05, 4.69) is 25.8 Å². The molecule has 2 saturated carbocycles. The highest BCUT2D eigenvalue weighted by molar-refractivity contribution is 5.70. The summed E-state index contributed by atoms with van der Waals surface area (Å²) in [5.74, 6) is 1.04. The Hall–Kier alpha value is -3.54. The molecule has 12 heteroatoms. The molecule has 2 atom stereocenters. The Morgan fingerprint density at radius 1 is 1.25 bits per heavy atom. The van der Waals surface area contributed by atoms with E-state index in [9.17, 15) is 15.0 Å². The monoisotopic (exact) mass is 497 g/mol. The summed E-state index contributed by atoms with van der Waals surface area (Å²) in [5.41, 5.74) is 2.81. The van der Waals surface area contributed by atoms with E-state index >= 15 is 0 Å². The Bertz CT molecular complexity index is 1220. The second kappa shape index (κ2) is 10.2. The molecule has 2 aliphatic carbocycles. The van der Waals surface area contributed by atoms with Crippen molar-refractivity contribution in [3.05, 3.63) is 29.4 Å². The van der Waals surface area contributed by atoms with E-state index in [1.165, 1.54) is 0 Å². The van der Waals surface area contributed by atoms with Crippen LogP contribution in [0.25, 0.3) is 11.4 Å². The Balaban J connectivity index is 1.24. The van der Waals surface area contributed by atoms with Crippen LogP contribution in [0.4, 0.5) is 5.95 Å². The van der Waals surface area contributed by atoms with Gasteiger partial charge in [0, 0.05) is 19.6 Å². The molecule has 3 heterocycles. The molecule has 36 heavy (non-hydrogen) atoms. The van der Waals surface area contributed by atoms with E-state index in [-0.39, 0.29) is 24.5 Å². The van der Waals surface area contributed by atoms with Gasteiger partial charge in [-0.2, -0.15) is 4.98 Å². The Morgan fingerprint density at radius 2 is 2.08 bits per heavy atom. The smallest absolute Gasteiger partial charge is 0.306 e. The Kier molecular flexibility index (Phi) is 6.86. The molecule has 192 valence electrons. The Morgan fingerprint density at radius 3 is 2.83 bits per heavy atom. The lowest BCUT2D eigenvalue weighted by Gasteiger charge is -2.30. The van der Waals surface area contributed by atoms with E-state index in [1.807, 2.05) is 26.1 Å². The molecular formula is C24H31N7O5. The molecule has 0 aliphatic heterocycles. The number of aromatic nitrogens is 6. The second-order valence-electron chi connectivity index (χ2n) is 9.76. The number of aliphatic hydroxyl groups is 1. The average Bonchev–Trinajstić information content (AvgIpc) is 3.45. The minimum Gasteiger partial charge on any atom is -0.489 e. The number of anilines is 1. The van der Waals surface area contributed by atoms with Gasteiger partial charge in [0.25, 0.3) is 5.95 Å². The molecule has 3 aromatic rings. The summed E-state index contributed by atoms with van der Waals surface area (Å²) < 4.78 is 13.2. The highest BCUT2D eigenvalue weighted by atomic mass is 16.5. The van der Waals surface area contributed by atoms with Gasteiger partial charge in [-0.15, -0.1) is 5.10 Å². The Labute approximate surface area is 208 Å². The summed E-state index contributed by atoms with van der Waals surface area (Å²) in [5, 5.41) is 34.2. The summed E-state index contributed by atoms with van der Waals surface area (Å²) in [6.45, 7) is 2.44. The van der Waals surface area contributed by atoms with Crippen molar-refractivity contribution in [3.63, 3.8) is 0 Å². The van der Waals surface area contributed by atoms with Crippen molar-refractivity contribution in [2.45, 2.75) is 64.0 Å².